The molecule has 122 valence electrons. The van der Waals surface area contributed by atoms with Crippen LogP contribution in [0.15, 0.2) is 66.7 Å². The largest absolute Gasteiger partial charge is 0.504 e. The van der Waals surface area contributed by atoms with Crippen LogP contribution in [0.3, 0.4) is 0 Å². The van der Waals surface area contributed by atoms with Crippen LogP contribution in [0.2, 0.25) is 0 Å². The normalized spacial score (nSPS) is 12.5. The molecule has 0 fully saturated rings. The Morgan fingerprint density at radius 1 is 0.720 bits per heavy atom. The summed E-state index contributed by atoms with van der Waals surface area (Å²) in [5, 5.41) is 10.5. The molecule has 0 atom stereocenters. The number of benzene rings is 3. The number of rotatable bonds is 3. The number of ketones is 2. The molecule has 0 radical (unpaired) electrons. The summed E-state index contributed by atoms with van der Waals surface area (Å²) in [5.41, 5.74) is 1.81. The Balaban J connectivity index is 1.72. The average Bonchev–Trinajstić information content (AvgIpc) is 2.66. The summed E-state index contributed by atoms with van der Waals surface area (Å²) in [6.45, 7) is 0.256. The Hall–Kier alpha value is -3.40. The van der Waals surface area contributed by atoms with Crippen LogP contribution in [0.4, 0.5) is 0 Å². The molecule has 3 aromatic rings. The molecular weight excluding hydrogens is 316 g/mol. The van der Waals surface area contributed by atoms with Crippen molar-refractivity contribution in [2.75, 3.05) is 0 Å². The van der Waals surface area contributed by atoms with Crippen LogP contribution in [-0.4, -0.2) is 16.7 Å². The van der Waals surface area contributed by atoms with Crippen LogP contribution >= 0.6 is 0 Å². The van der Waals surface area contributed by atoms with Crippen molar-refractivity contribution in [3.05, 3.63) is 94.5 Å². The lowest BCUT2D eigenvalue weighted by Gasteiger charge is -2.19. The predicted molar refractivity (Wildman–Crippen MR) is 92.2 cm³/mol. The van der Waals surface area contributed by atoms with E-state index >= 15 is 0 Å². The third-order valence-corrected chi connectivity index (χ3v) is 4.27. The van der Waals surface area contributed by atoms with Gasteiger partial charge in [0.15, 0.2) is 23.1 Å². The fraction of sp³-hybridized carbons (Fsp3) is 0.0476. The van der Waals surface area contributed by atoms with Gasteiger partial charge in [-0.1, -0.05) is 54.6 Å². The zero-order chi connectivity index (χ0) is 17.4. The Morgan fingerprint density at radius 3 is 2.08 bits per heavy atom. The third kappa shape index (κ3) is 2.48. The highest BCUT2D eigenvalue weighted by molar-refractivity contribution is 6.29. The molecule has 4 rings (SSSR count). The summed E-state index contributed by atoms with van der Waals surface area (Å²) >= 11 is 0. The molecule has 4 heteroatoms. The van der Waals surface area contributed by atoms with Crippen molar-refractivity contribution < 1.29 is 19.4 Å². The van der Waals surface area contributed by atoms with Crippen LogP contribution in [-0.2, 0) is 6.61 Å². The predicted octanol–water partition coefficient (Wildman–Crippen LogP) is 3.75. The fourth-order valence-corrected chi connectivity index (χ4v) is 3.00. The Kier molecular flexibility index (Phi) is 3.58. The Labute approximate surface area is 144 Å². The minimum atomic E-state index is -0.368. The van der Waals surface area contributed by atoms with Crippen LogP contribution in [0.25, 0.3) is 0 Å². The van der Waals surface area contributed by atoms with Crippen LogP contribution in [0, 0.1) is 0 Å². The number of hydrogen-bond donors (Lipinski definition) is 1. The second-order valence-corrected chi connectivity index (χ2v) is 5.81. The van der Waals surface area contributed by atoms with Gasteiger partial charge in [-0.05, 0) is 17.7 Å². The van der Waals surface area contributed by atoms with Crippen molar-refractivity contribution in [2.24, 2.45) is 0 Å². The van der Waals surface area contributed by atoms with Gasteiger partial charge in [-0.2, -0.15) is 0 Å². The first kappa shape index (κ1) is 15.1. The van der Waals surface area contributed by atoms with Gasteiger partial charge in [-0.15, -0.1) is 0 Å². The topological polar surface area (TPSA) is 63.6 Å². The molecule has 0 unspecified atom stereocenters. The zero-order valence-electron chi connectivity index (χ0n) is 13.2. The SMILES string of the molecule is O=C1c2ccccc2C(=O)c2c1ccc(OCc1ccccc1)c2O. The lowest BCUT2D eigenvalue weighted by atomic mass is 9.83. The maximum absolute atomic E-state index is 12.7. The molecule has 3 aromatic carbocycles. The number of ether oxygens (including phenoxy) is 1. The molecule has 0 bridgehead atoms. The molecule has 0 spiro atoms. The summed E-state index contributed by atoms with van der Waals surface area (Å²) in [6, 6.07) is 19.2. The lowest BCUT2D eigenvalue weighted by Crippen LogP contribution is -2.21. The summed E-state index contributed by atoms with van der Waals surface area (Å²) in [4.78, 5) is 25.3. The van der Waals surface area contributed by atoms with E-state index in [-0.39, 0.29) is 40.8 Å². The smallest absolute Gasteiger partial charge is 0.198 e. The molecule has 1 aliphatic rings. The summed E-state index contributed by atoms with van der Waals surface area (Å²) in [6.07, 6.45) is 0. The van der Waals surface area contributed by atoms with Gasteiger partial charge in [0.1, 0.15) is 6.61 Å². The van der Waals surface area contributed by atoms with E-state index in [4.69, 9.17) is 4.74 Å². The van der Waals surface area contributed by atoms with Crippen LogP contribution < -0.4 is 4.74 Å². The van der Waals surface area contributed by atoms with Crippen molar-refractivity contribution in [2.45, 2.75) is 6.61 Å². The van der Waals surface area contributed by atoms with Crippen molar-refractivity contribution in [1.29, 1.82) is 0 Å². The van der Waals surface area contributed by atoms with Crippen molar-refractivity contribution in [1.82, 2.24) is 0 Å². The molecule has 4 nitrogen and oxygen atoms in total. The fourth-order valence-electron chi connectivity index (χ4n) is 3.00. The first-order valence-electron chi connectivity index (χ1n) is 7.88. The number of phenols is 1. The molecule has 1 N–H and O–H groups in total. The van der Waals surface area contributed by atoms with Crippen molar-refractivity contribution in [3.8, 4) is 11.5 Å². The van der Waals surface area contributed by atoms with Crippen molar-refractivity contribution in [3.63, 3.8) is 0 Å². The molecule has 0 aromatic heterocycles. The number of phenolic OH excluding ortho intramolecular Hbond substituents is 1. The van der Waals surface area contributed by atoms with Crippen molar-refractivity contribution >= 4 is 11.6 Å². The lowest BCUT2D eigenvalue weighted by molar-refractivity contribution is 0.0976. The van der Waals surface area contributed by atoms with Gasteiger partial charge in [-0.25, -0.2) is 0 Å². The Bertz CT molecular complexity index is 990. The Morgan fingerprint density at radius 2 is 1.36 bits per heavy atom. The van der Waals surface area contributed by atoms with E-state index in [1.165, 1.54) is 12.1 Å². The van der Waals surface area contributed by atoms with Gasteiger partial charge >= 0.3 is 0 Å². The number of carbonyl (C=O) groups is 2. The highest BCUT2D eigenvalue weighted by atomic mass is 16.5. The molecular formula is C21H14O4. The highest BCUT2D eigenvalue weighted by Gasteiger charge is 2.33. The maximum atomic E-state index is 12.7. The van der Waals surface area contributed by atoms with Crippen LogP contribution in [0.1, 0.15) is 37.4 Å². The zero-order valence-corrected chi connectivity index (χ0v) is 13.2. The minimum absolute atomic E-state index is 0.00858. The quantitative estimate of drug-likeness (QED) is 0.621. The van der Waals surface area contributed by atoms with Gasteiger partial charge in [0.2, 0.25) is 0 Å². The first-order chi connectivity index (χ1) is 12.2. The standard InChI is InChI=1S/C21H14O4/c22-19-14-8-4-5-9-15(14)20(23)18-16(19)10-11-17(21(18)24)25-12-13-6-2-1-3-7-13/h1-11,24H,12H2. The summed E-state index contributed by atoms with van der Waals surface area (Å²) in [5.74, 6) is -0.743. The molecule has 0 aliphatic heterocycles. The number of carbonyl (C=O) groups excluding carboxylic acids is 2. The number of fused-ring (bicyclic) bond motifs is 2. The van der Waals surface area contributed by atoms with Crippen LogP contribution in [0.5, 0.6) is 11.5 Å². The van der Waals surface area contributed by atoms with E-state index in [1.807, 2.05) is 30.3 Å². The number of hydrogen-bond acceptors (Lipinski definition) is 4. The van der Waals surface area contributed by atoms with Gasteiger partial charge in [0.05, 0.1) is 5.56 Å². The van der Waals surface area contributed by atoms with Gasteiger partial charge < -0.3 is 9.84 Å². The van der Waals surface area contributed by atoms with E-state index in [0.29, 0.717) is 11.1 Å². The average molecular weight is 330 g/mol. The molecule has 0 saturated carbocycles. The van der Waals surface area contributed by atoms with E-state index in [0.717, 1.165) is 5.56 Å². The maximum Gasteiger partial charge on any atom is 0.198 e. The number of aromatic hydroxyl groups is 1. The second-order valence-electron chi connectivity index (χ2n) is 5.81. The molecule has 0 saturated heterocycles. The second kappa shape index (κ2) is 5.91. The van der Waals surface area contributed by atoms with Gasteiger partial charge in [0, 0.05) is 16.7 Å². The van der Waals surface area contributed by atoms with E-state index in [2.05, 4.69) is 0 Å². The minimum Gasteiger partial charge on any atom is -0.504 e. The molecule has 25 heavy (non-hydrogen) atoms. The van der Waals surface area contributed by atoms with Gasteiger partial charge in [-0.3, -0.25) is 9.59 Å². The highest BCUT2D eigenvalue weighted by Crippen LogP contribution is 2.38. The third-order valence-electron chi connectivity index (χ3n) is 4.27. The molecule has 0 heterocycles. The summed E-state index contributed by atoms with van der Waals surface area (Å²) in [7, 11) is 0. The first-order valence-corrected chi connectivity index (χ1v) is 7.88. The van der Waals surface area contributed by atoms with E-state index in [9.17, 15) is 14.7 Å². The van der Waals surface area contributed by atoms with E-state index < -0.39 is 0 Å². The molecule has 1 aliphatic carbocycles. The monoisotopic (exact) mass is 330 g/mol. The van der Waals surface area contributed by atoms with E-state index in [1.54, 1.807) is 24.3 Å². The van der Waals surface area contributed by atoms with Gasteiger partial charge in [0.25, 0.3) is 0 Å². The molecule has 0 amide bonds. The summed E-state index contributed by atoms with van der Waals surface area (Å²) < 4.78 is 5.65.